The monoisotopic (exact) mass is 269 g/mol. The summed E-state index contributed by atoms with van der Waals surface area (Å²) in [6.07, 6.45) is 6.08. The standard InChI is InChI=1S/C15H27NO3/c1-4-14(2,3)13(19)16-11-15(10-12(17)18)8-6-5-7-9-15/h4-11H2,1-3H3,(H,16,19)(H,17,18). The highest BCUT2D eigenvalue weighted by Gasteiger charge is 2.36. The summed E-state index contributed by atoms with van der Waals surface area (Å²) in [6, 6.07) is 0. The van der Waals surface area contributed by atoms with Gasteiger partial charge < -0.3 is 10.4 Å². The number of nitrogens with one attached hydrogen (secondary N) is 1. The number of carbonyl (C=O) groups is 2. The van der Waals surface area contributed by atoms with Crippen molar-refractivity contribution >= 4 is 11.9 Å². The smallest absolute Gasteiger partial charge is 0.303 e. The average molecular weight is 269 g/mol. The number of carbonyl (C=O) groups excluding carboxylic acids is 1. The zero-order chi connectivity index (χ0) is 14.5. The van der Waals surface area contributed by atoms with E-state index in [-0.39, 0.29) is 23.2 Å². The van der Waals surface area contributed by atoms with E-state index in [0.29, 0.717) is 6.54 Å². The molecule has 4 heteroatoms. The van der Waals surface area contributed by atoms with Gasteiger partial charge in [0.2, 0.25) is 5.91 Å². The van der Waals surface area contributed by atoms with E-state index in [9.17, 15) is 9.59 Å². The minimum atomic E-state index is -0.758. The van der Waals surface area contributed by atoms with Crippen molar-refractivity contribution in [3.63, 3.8) is 0 Å². The number of hydrogen-bond acceptors (Lipinski definition) is 2. The second-order valence-electron chi connectivity index (χ2n) is 6.55. The van der Waals surface area contributed by atoms with Crippen molar-refractivity contribution in [1.29, 1.82) is 0 Å². The Hall–Kier alpha value is -1.06. The lowest BCUT2D eigenvalue weighted by atomic mass is 9.71. The zero-order valence-corrected chi connectivity index (χ0v) is 12.4. The van der Waals surface area contributed by atoms with Crippen LogP contribution in [0.5, 0.6) is 0 Å². The van der Waals surface area contributed by atoms with Crippen molar-refractivity contribution in [2.45, 2.75) is 65.7 Å². The van der Waals surface area contributed by atoms with E-state index < -0.39 is 5.97 Å². The summed E-state index contributed by atoms with van der Waals surface area (Å²) in [5, 5.41) is 12.1. The fourth-order valence-electron chi connectivity index (χ4n) is 2.71. The third-order valence-corrected chi connectivity index (χ3v) is 4.56. The van der Waals surface area contributed by atoms with E-state index in [1.54, 1.807) is 0 Å². The first-order valence-corrected chi connectivity index (χ1v) is 7.31. The Morgan fingerprint density at radius 3 is 2.26 bits per heavy atom. The second kappa shape index (κ2) is 6.40. The van der Waals surface area contributed by atoms with Gasteiger partial charge in [-0.2, -0.15) is 0 Å². The van der Waals surface area contributed by atoms with E-state index in [0.717, 1.165) is 32.1 Å². The van der Waals surface area contributed by atoms with Crippen molar-refractivity contribution in [2.24, 2.45) is 10.8 Å². The highest BCUT2D eigenvalue weighted by molar-refractivity contribution is 5.81. The zero-order valence-electron chi connectivity index (χ0n) is 12.4. The van der Waals surface area contributed by atoms with Crippen LogP contribution in [0.1, 0.15) is 65.7 Å². The van der Waals surface area contributed by atoms with E-state index in [1.165, 1.54) is 6.42 Å². The van der Waals surface area contributed by atoms with Crippen LogP contribution in [-0.2, 0) is 9.59 Å². The maximum atomic E-state index is 12.1. The first-order chi connectivity index (χ1) is 8.81. The molecule has 2 N–H and O–H groups in total. The van der Waals surface area contributed by atoms with Gasteiger partial charge in [0.1, 0.15) is 0 Å². The van der Waals surface area contributed by atoms with Crippen molar-refractivity contribution in [1.82, 2.24) is 5.32 Å². The largest absolute Gasteiger partial charge is 0.481 e. The van der Waals surface area contributed by atoms with Gasteiger partial charge in [-0.25, -0.2) is 0 Å². The molecule has 0 bridgehead atoms. The first-order valence-electron chi connectivity index (χ1n) is 7.31. The second-order valence-corrected chi connectivity index (χ2v) is 6.55. The van der Waals surface area contributed by atoms with Crippen LogP contribution in [0.4, 0.5) is 0 Å². The fraction of sp³-hybridized carbons (Fsp3) is 0.867. The molecule has 0 atom stereocenters. The predicted octanol–water partition coefficient (Wildman–Crippen LogP) is 2.96. The number of carboxylic acids is 1. The molecule has 1 saturated carbocycles. The lowest BCUT2D eigenvalue weighted by Crippen LogP contribution is -2.44. The summed E-state index contributed by atoms with van der Waals surface area (Å²) in [5.41, 5.74) is -0.608. The fourth-order valence-corrected chi connectivity index (χ4v) is 2.71. The highest BCUT2D eigenvalue weighted by Crippen LogP contribution is 2.39. The topological polar surface area (TPSA) is 66.4 Å². The Morgan fingerprint density at radius 2 is 1.79 bits per heavy atom. The van der Waals surface area contributed by atoms with Crippen molar-refractivity contribution in [2.75, 3.05) is 6.54 Å². The minimum absolute atomic E-state index is 0.0327. The summed E-state index contributed by atoms with van der Waals surface area (Å²) < 4.78 is 0. The molecule has 4 nitrogen and oxygen atoms in total. The molecular weight excluding hydrogens is 242 g/mol. The van der Waals surface area contributed by atoms with Crippen LogP contribution in [0.3, 0.4) is 0 Å². The number of aliphatic carboxylic acids is 1. The molecule has 0 aromatic rings. The van der Waals surface area contributed by atoms with Gasteiger partial charge in [-0.05, 0) is 24.7 Å². The third-order valence-electron chi connectivity index (χ3n) is 4.56. The average Bonchev–Trinajstić information content (AvgIpc) is 2.36. The molecule has 0 aromatic carbocycles. The molecule has 1 fully saturated rings. The molecule has 1 aliphatic carbocycles. The van der Waals surface area contributed by atoms with Crippen molar-refractivity contribution in [3.05, 3.63) is 0 Å². The summed E-state index contributed by atoms with van der Waals surface area (Å²) >= 11 is 0. The molecular formula is C15H27NO3. The third kappa shape index (κ3) is 4.51. The van der Waals surface area contributed by atoms with Gasteiger partial charge >= 0.3 is 5.97 Å². The lowest BCUT2D eigenvalue weighted by Gasteiger charge is -2.37. The van der Waals surface area contributed by atoms with Crippen LogP contribution in [0.2, 0.25) is 0 Å². The Morgan fingerprint density at radius 1 is 1.21 bits per heavy atom. The molecule has 0 heterocycles. The summed E-state index contributed by atoms with van der Waals surface area (Å²) in [7, 11) is 0. The van der Waals surface area contributed by atoms with Crippen LogP contribution in [0.25, 0.3) is 0 Å². The van der Waals surface area contributed by atoms with Crippen LogP contribution in [0.15, 0.2) is 0 Å². The van der Waals surface area contributed by atoms with E-state index in [4.69, 9.17) is 5.11 Å². The Kier molecular flexibility index (Phi) is 5.39. The summed E-state index contributed by atoms with van der Waals surface area (Å²) in [6.45, 7) is 6.34. The molecule has 0 aliphatic heterocycles. The molecule has 0 saturated heterocycles. The van der Waals surface area contributed by atoms with E-state index >= 15 is 0 Å². The highest BCUT2D eigenvalue weighted by atomic mass is 16.4. The number of hydrogen-bond donors (Lipinski definition) is 2. The maximum absolute atomic E-state index is 12.1. The van der Waals surface area contributed by atoms with Gasteiger partial charge in [-0.1, -0.05) is 40.0 Å². The van der Waals surface area contributed by atoms with E-state index in [1.807, 2.05) is 20.8 Å². The van der Waals surface area contributed by atoms with Gasteiger partial charge in [-0.15, -0.1) is 0 Å². The predicted molar refractivity (Wildman–Crippen MR) is 74.9 cm³/mol. The summed E-state index contributed by atoms with van der Waals surface area (Å²) in [5.74, 6) is -0.726. The molecule has 110 valence electrons. The number of carboxylic acid groups (broad SMARTS) is 1. The molecule has 1 aliphatic rings. The molecule has 0 unspecified atom stereocenters. The van der Waals surface area contributed by atoms with Gasteiger partial charge in [-0.3, -0.25) is 9.59 Å². The molecule has 0 spiro atoms. The lowest BCUT2D eigenvalue weighted by molar-refractivity contribution is -0.141. The quantitative estimate of drug-likeness (QED) is 0.779. The first kappa shape index (κ1) is 16.0. The van der Waals surface area contributed by atoms with E-state index in [2.05, 4.69) is 5.32 Å². The van der Waals surface area contributed by atoms with Gasteiger partial charge in [0.05, 0.1) is 6.42 Å². The van der Waals surface area contributed by atoms with Gasteiger partial charge in [0, 0.05) is 12.0 Å². The number of rotatable bonds is 6. The maximum Gasteiger partial charge on any atom is 0.303 e. The van der Waals surface area contributed by atoms with Crippen molar-refractivity contribution in [3.8, 4) is 0 Å². The number of amides is 1. The summed E-state index contributed by atoms with van der Waals surface area (Å²) in [4.78, 5) is 23.2. The Labute approximate surface area is 116 Å². The van der Waals surface area contributed by atoms with Crippen LogP contribution < -0.4 is 5.32 Å². The minimum Gasteiger partial charge on any atom is -0.481 e. The molecule has 1 rings (SSSR count). The van der Waals surface area contributed by atoms with Crippen LogP contribution in [0, 0.1) is 10.8 Å². The normalized spacial score (nSPS) is 18.9. The van der Waals surface area contributed by atoms with Gasteiger partial charge in [0.15, 0.2) is 0 Å². The van der Waals surface area contributed by atoms with Crippen LogP contribution in [-0.4, -0.2) is 23.5 Å². The molecule has 0 aromatic heterocycles. The Bertz CT molecular complexity index is 330. The van der Waals surface area contributed by atoms with Gasteiger partial charge in [0.25, 0.3) is 0 Å². The SMILES string of the molecule is CCC(C)(C)C(=O)NCC1(CC(=O)O)CCCCC1. The van der Waals surface area contributed by atoms with Crippen molar-refractivity contribution < 1.29 is 14.7 Å². The molecule has 19 heavy (non-hydrogen) atoms. The molecule has 0 radical (unpaired) electrons. The molecule has 1 amide bonds. The Balaban J connectivity index is 2.63. The van der Waals surface area contributed by atoms with Crippen LogP contribution >= 0.6 is 0 Å².